The summed E-state index contributed by atoms with van der Waals surface area (Å²) in [6.07, 6.45) is 1.51. The van der Waals surface area contributed by atoms with Crippen LogP contribution in [0.5, 0.6) is 0 Å². The molecule has 1 amide bonds. The molecule has 22 heavy (non-hydrogen) atoms. The van der Waals surface area contributed by atoms with Gasteiger partial charge in [-0.05, 0) is 12.1 Å². The number of nitrogens with zero attached hydrogens (tertiary/aromatic N) is 1. The second kappa shape index (κ2) is 8.53. The highest BCUT2D eigenvalue weighted by Crippen LogP contribution is 2.22. The lowest BCUT2D eigenvalue weighted by atomic mass is 10.1. The van der Waals surface area contributed by atoms with Gasteiger partial charge in [0.1, 0.15) is 0 Å². The molecule has 1 aromatic carbocycles. The van der Waals surface area contributed by atoms with Gasteiger partial charge in [0, 0.05) is 24.2 Å². The van der Waals surface area contributed by atoms with Gasteiger partial charge in [-0.3, -0.25) is 9.89 Å². The number of methoxy groups -OCH3 is 1. The van der Waals surface area contributed by atoms with E-state index in [1.165, 1.54) is 6.20 Å². The van der Waals surface area contributed by atoms with Crippen LogP contribution < -0.4 is 5.32 Å². The number of nitrogens with one attached hydrogen (secondary N) is 2. The maximum atomic E-state index is 12.2. The number of H-pyrrole nitrogens is 1. The molecule has 0 fully saturated rings. The molecule has 0 spiro atoms. The van der Waals surface area contributed by atoms with Gasteiger partial charge in [0.2, 0.25) is 0 Å². The topological polar surface area (TPSA) is 76.2 Å². The van der Waals surface area contributed by atoms with Crippen molar-refractivity contribution in [2.45, 2.75) is 0 Å². The summed E-state index contributed by atoms with van der Waals surface area (Å²) in [7, 11) is 1.61. The van der Waals surface area contributed by atoms with E-state index in [-0.39, 0.29) is 5.91 Å². The number of aromatic amines is 1. The molecule has 1 aromatic heterocycles. The molecule has 7 heteroatoms. The van der Waals surface area contributed by atoms with Crippen LogP contribution in [-0.2, 0) is 9.47 Å². The van der Waals surface area contributed by atoms with Crippen LogP contribution in [0.2, 0.25) is 5.02 Å². The first-order chi connectivity index (χ1) is 10.7. The predicted molar refractivity (Wildman–Crippen MR) is 84.1 cm³/mol. The van der Waals surface area contributed by atoms with Crippen LogP contribution >= 0.6 is 11.6 Å². The molecule has 0 aliphatic rings. The minimum atomic E-state index is -0.200. The Balaban J connectivity index is 1.91. The molecule has 0 aliphatic carbocycles. The molecule has 1 heterocycles. The van der Waals surface area contributed by atoms with Gasteiger partial charge in [0.25, 0.3) is 5.91 Å². The summed E-state index contributed by atoms with van der Waals surface area (Å²) in [5.41, 5.74) is 2.00. The molecule has 0 saturated heterocycles. The molecular weight excluding hydrogens is 306 g/mol. The van der Waals surface area contributed by atoms with E-state index in [1.807, 2.05) is 12.1 Å². The fourth-order valence-corrected chi connectivity index (χ4v) is 2.00. The summed E-state index contributed by atoms with van der Waals surface area (Å²) in [6.45, 7) is 1.90. The molecule has 6 nitrogen and oxygen atoms in total. The number of rotatable bonds is 8. The summed E-state index contributed by atoms with van der Waals surface area (Å²) in [5.74, 6) is -0.200. The third-order valence-electron chi connectivity index (χ3n) is 2.98. The molecule has 0 radical (unpaired) electrons. The predicted octanol–water partition coefficient (Wildman–Crippen LogP) is 2.12. The van der Waals surface area contributed by atoms with Gasteiger partial charge in [-0.2, -0.15) is 5.10 Å². The summed E-state index contributed by atoms with van der Waals surface area (Å²) >= 11 is 5.87. The highest BCUT2D eigenvalue weighted by molar-refractivity contribution is 6.30. The van der Waals surface area contributed by atoms with E-state index in [1.54, 1.807) is 19.2 Å². The Labute approximate surface area is 133 Å². The standard InChI is InChI=1S/C15H18ClN3O3/c1-21-8-9-22-7-6-17-15(20)13-10-18-19-14(13)11-2-4-12(16)5-3-11/h2-5,10H,6-9H2,1H3,(H,17,20)(H,18,19). The van der Waals surface area contributed by atoms with Crippen LogP contribution in [-0.4, -0.2) is 49.6 Å². The number of halogens is 1. The number of amides is 1. The van der Waals surface area contributed by atoms with Crippen molar-refractivity contribution in [1.29, 1.82) is 0 Å². The molecule has 0 bridgehead atoms. The van der Waals surface area contributed by atoms with E-state index in [0.29, 0.717) is 42.6 Å². The van der Waals surface area contributed by atoms with Gasteiger partial charge >= 0.3 is 0 Å². The Bertz CT molecular complexity index is 598. The monoisotopic (exact) mass is 323 g/mol. The number of ether oxygens (including phenoxy) is 2. The van der Waals surface area contributed by atoms with Gasteiger partial charge in [0.05, 0.1) is 37.3 Å². The van der Waals surface area contributed by atoms with Crippen molar-refractivity contribution in [3.8, 4) is 11.3 Å². The molecule has 0 saturated carbocycles. The van der Waals surface area contributed by atoms with Crippen LogP contribution in [0.25, 0.3) is 11.3 Å². The molecule has 0 atom stereocenters. The van der Waals surface area contributed by atoms with E-state index in [9.17, 15) is 4.79 Å². The average molecular weight is 324 g/mol. The Morgan fingerprint density at radius 3 is 2.77 bits per heavy atom. The minimum absolute atomic E-state index is 0.200. The van der Waals surface area contributed by atoms with Gasteiger partial charge in [-0.15, -0.1) is 0 Å². The summed E-state index contributed by atoms with van der Waals surface area (Å²) in [4.78, 5) is 12.2. The zero-order valence-electron chi connectivity index (χ0n) is 12.3. The van der Waals surface area contributed by atoms with Gasteiger partial charge < -0.3 is 14.8 Å². The smallest absolute Gasteiger partial charge is 0.255 e. The number of benzene rings is 1. The Morgan fingerprint density at radius 2 is 2.05 bits per heavy atom. The number of carbonyl (C=O) groups excluding carboxylic acids is 1. The minimum Gasteiger partial charge on any atom is -0.382 e. The lowest BCUT2D eigenvalue weighted by Gasteiger charge is -2.07. The van der Waals surface area contributed by atoms with Crippen molar-refractivity contribution in [3.63, 3.8) is 0 Å². The Morgan fingerprint density at radius 1 is 1.27 bits per heavy atom. The fourth-order valence-electron chi connectivity index (χ4n) is 1.87. The highest BCUT2D eigenvalue weighted by Gasteiger charge is 2.14. The first-order valence-electron chi connectivity index (χ1n) is 6.86. The van der Waals surface area contributed by atoms with Crippen LogP contribution in [0, 0.1) is 0 Å². The Kier molecular flexibility index (Phi) is 6.39. The highest BCUT2D eigenvalue weighted by atomic mass is 35.5. The quantitative estimate of drug-likeness (QED) is 0.730. The maximum Gasteiger partial charge on any atom is 0.255 e. The third-order valence-corrected chi connectivity index (χ3v) is 3.23. The lowest BCUT2D eigenvalue weighted by Crippen LogP contribution is -2.27. The molecule has 2 aromatic rings. The second-order valence-corrected chi connectivity index (χ2v) is 4.96. The lowest BCUT2D eigenvalue weighted by molar-refractivity contribution is 0.0693. The Hall–Kier alpha value is -1.89. The fraction of sp³-hybridized carbons (Fsp3) is 0.333. The SMILES string of the molecule is COCCOCCNC(=O)c1cn[nH]c1-c1ccc(Cl)cc1. The normalized spacial score (nSPS) is 10.6. The van der Waals surface area contributed by atoms with Crippen molar-refractivity contribution in [2.24, 2.45) is 0 Å². The van der Waals surface area contributed by atoms with E-state index in [4.69, 9.17) is 21.1 Å². The molecule has 2 rings (SSSR count). The van der Waals surface area contributed by atoms with Gasteiger partial charge in [-0.25, -0.2) is 0 Å². The number of carbonyl (C=O) groups is 1. The first-order valence-corrected chi connectivity index (χ1v) is 7.24. The van der Waals surface area contributed by atoms with Crippen LogP contribution in [0.3, 0.4) is 0 Å². The third kappa shape index (κ3) is 4.56. The molecule has 0 unspecified atom stereocenters. The summed E-state index contributed by atoms with van der Waals surface area (Å²) < 4.78 is 10.2. The van der Waals surface area contributed by atoms with E-state index < -0.39 is 0 Å². The average Bonchev–Trinajstić information content (AvgIpc) is 3.01. The van der Waals surface area contributed by atoms with Crippen LogP contribution in [0.4, 0.5) is 0 Å². The molecule has 0 aliphatic heterocycles. The van der Waals surface area contributed by atoms with Crippen LogP contribution in [0.15, 0.2) is 30.5 Å². The van der Waals surface area contributed by atoms with E-state index in [2.05, 4.69) is 15.5 Å². The number of aromatic nitrogens is 2. The van der Waals surface area contributed by atoms with Crippen molar-refractivity contribution in [1.82, 2.24) is 15.5 Å². The van der Waals surface area contributed by atoms with Gasteiger partial charge in [-0.1, -0.05) is 23.7 Å². The summed E-state index contributed by atoms with van der Waals surface area (Å²) in [5, 5.41) is 10.2. The molecule has 2 N–H and O–H groups in total. The first kappa shape index (κ1) is 16.5. The number of hydrogen-bond acceptors (Lipinski definition) is 4. The van der Waals surface area contributed by atoms with E-state index in [0.717, 1.165) is 5.56 Å². The largest absolute Gasteiger partial charge is 0.382 e. The molecule has 118 valence electrons. The molecular formula is C15H18ClN3O3. The van der Waals surface area contributed by atoms with Crippen LogP contribution in [0.1, 0.15) is 10.4 Å². The second-order valence-electron chi connectivity index (χ2n) is 4.53. The zero-order chi connectivity index (χ0) is 15.8. The zero-order valence-corrected chi connectivity index (χ0v) is 13.0. The summed E-state index contributed by atoms with van der Waals surface area (Å²) in [6, 6.07) is 7.20. The van der Waals surface area contributed by atoms with E-state index >= 15 is 0 Å². The maximum absolute atomic E-state index is 12.2. The van der Waals surface area contributed by atoms with Gasteiger partial charge in [0.15, 0.2) is 0 Å². The van der Waals surface area contributed by atoms with Crippen molar-refractivity contribution < 1.29 is 14.3 Å². The van der Waals surface area contributed by atoms with Crippen molar-refractivity contribution in [2.75, 3.05) is 33.5 Å². The van der Waals surface area contributed by atoms with Crippen molar-refractivity contribution >= 4 is 17.5 Å². The number of hydrogen-bond donors (Lipinski definition) is 2. The van der Waals surface area contributed by atoms with Crippen molar-refractivity contribution in [3.05, 3.63) is 41.0 Å².